The van der Waals surface area contributed by atoms with Crippen LogP contribution in [0.4, 0.5) is 0 Å². The lowest BCUT2D eigenvalue weighted by Crippen LogP contribution is -2.06. The first-order valence-electron chi connectivity index (χ1n) is 5.89. The second-order valence-electron chi connectivity index (χ2n) is 4.27. The molecule has 1 saturated carbocycles. The van der Waals surface area contributed by atoms with E-state index in [2.05, 4.69) is 11.8 Å². The Hall–Kier alpha value is -1.59. The molecule has 0 spiro atoms. The predicted octanol–water partition coefficient (Wildman–Crippen LogP) is 2.55. The van der Waals surface area contributed by atoms with Gasteiger partial charge in [0.1, 0.15) is 6.61 Å². The van der Waals surface area contributed by atoms with Crippen LogP contribution in [0.5, 0.6) is 0 Å². The molecule has 0 aliphatic heterocycles. The Morgan fingerprint density at radius 1 is 1.41 bits per heavy atom. The molecule has 1 aliphatic carbocycles. The van der Waals surface area contributed by atoms with E-state index in [0.29, 0.717) is 19.1 Å². The van der Waals surface area contributed by atoms with Gasteiger partial charge in [-0.05, 0) is 19.3 Å². The van der Waals surface area contributed by atoms with E-state index < -0.39 is 0 Å². The molecule has 2 heteroatoms. The summed E-state index contributed by atoms with van der Waals surface area (Å²) in [4.78, 5) is 12.0. The monoisotopic (exact) mass is 228 g/mol. The largest absolute Gasteiger partial charge is 0.368 e. The van der Waals surface area contributed by atoms with Gasteiger partial charge in [0.2, 0.25) is 0 Å². The van der Waals surface area contributed by atoms with Crippen LogP contribution in [0.3, 0.4) is 0 Å². The fourth-order valence-electron chi connectivity index (χ4n) is 1.90. The molecule has 88 valence electrons. The molecule has 17 heavy (non-hydrogen) atoms. The highest BCUT2D eigenvalue weighted by Crippen LogP contribution is 2.41. The molecule has 1 aromatic carbocycles. The Labute approximate surface area is 102 Å². The van der Waals surface area contributed by atoms with Crippen LogP contribution in [0.25, 0.3) is 0 Å². The van der Waals surface area contributed by atoms with Crippen LogP contribution in [0.2, 0.25) is 0 Å². The molecule has 0 saturated heterocycles. The highest BCUT2D eigenvalue weighted by atomic mass is 16.5. The number of carbonyl (C=O) groups excluding carboxylic acids is 1. The highest BCUT2D eigenvalue weighted by Gasteiger charge is 2.42. The third-order valence-electron chi connectivity index (χ3n) is 3.00. The van der Waals surface area contributed by atoms with Crippen LogP contribution < -0.4 is 0 Å². The topological polar surface area (TPSA) is 26.3 Å². The van der Waals surface area contributed by atoms with Gasteiger partial charge in [-0.1, -0.05) is 36.3 Å². The van der Waals surface area contributed by atoms with E-state index in [9.17, 15) is 4.79 Å². The Kier molecular flexibility index (Phi) is 3.95. The van der Waals surface area contributed by atoms with E-state index in [1.165, 1.54) is 0 Å². The number of Topliss-reactive ketones (excluding diaryl/α,β-unsaturated/α-hetero) is 1. The molecule has 0 unspecified atom stereocenters. The lowest BCUT2D eigenvalue weighted by atomic mass is 10.1. The number of ketones is 1. The highest BCUT2D eigenvalue weighted by molar-refractivity contribution is 5.99. The minimum Gasteiger partial charge on any atom is -0.368 e. The van der Waals surface area contributed by atoms with E-state index in [0.717, 1.165) is 12.0 Å². The third-order valence-corrected chi connectivity index (χ3v) is 3.00. The van der Waals surface area contributed by atoms with Gasteiger partial charge >= 0.3 is 0 Å². The summed E-state index contributed by atoms with van der Waals surface area (Å²) in [5, 5.41) is 0. The second-order valence-corrected chi connectivity index (χ2v) is 4.27. The maximum absolute atomic E-state index is 12.0. The van der Waals surface area contributed by atoms with Gasteiger partial charge in [-0.3, -0.25) is 4.79 Å². The first-order valence-corrected chi connectivity index (χ1v) is 5.89. The minimum absolute atomic E-state index is 0.159. The molecule has 0 aromatic heterocycles. The lowest BCUT2D eigenvalue weighted by Gasteiger charge is -2.00. The quantitative estimate of drug-likeness (QED) is 0.440. The summed E-state index contributed by atoms with van der Waals surface area (Å²) < 4.78 is 5.39. The minimum atomic E-state index is 0.159. The average molecular weight is 228 g/mol. The summed E-state index contributed by atoms with van der Waals surface area (Å²) in [5.74, 6) is 6.43. The zero-order chi connectivity index (χ0) is 12.1. The van der Waals surface area contributed by atoms with E-state index in [1.54, 1.807) is 6.92 Å². The van der Waals surface area contributed by atoms with Crippen LogP contribution >= 0.6 is 0 Å². The van der Waals surface area contributed by atoms with Crippen molar-refractivity contribution >= 4 is 5.78 Å². The number of hydrogen-bond acceptors (Lipinski definition) is 2. The third kappa shape index (κ3) is 3.18. The van der Waals surface area contributed by atoms with Crippen LogP contribution in [-0.2, 0) is 4.74 Å². The normalized spacial score (nSPS) is 21.5. The van der Waals surface area contributed by atoms with Gasteiger partial charge in [-0.25, -0.2) is 0 Å². The van der Waals surface area contributed by atoms with Gasteiger partial charge in [0.25, 0.3) is 0 Å². The van der Waals surface area contributed by atoms with E-state index in [1.807, 2.05) is 30.3 Å². The summed E-state index contributed by atoms with van der Waals surface area (Å²) in [7, 11) is 0. The molecular weight excluding hydrogens is 212 g/mol. The van der Waals surface area contributed by atoms with Crippen molar-refractivity contribution in [3.8, 4) is 11.8 Å². The van der Waals surface area contributed by atoms with Crippen molar-refractivity contribution in [1.82, 2.24) is 0 Å². The van der Waals surface area contributed by atoms with Gasteiger partial charge in [0.15, 0.2) is 5.78 Å². The van der Waals surface area contributed by atoms with Crippen LogP contribution in [0.15, 0.2) is 30.3 Å². The second kappa shape index (κ2) is 5.65. The van der Waals surface area contributed by atoms with Gasteiger partial charge in [-0.2, -0.15) is 0 Å². The zero-order valence-electron chi connectivity index (χ0n) is 9.98. The molecule has 1 aliphatic rings. The number of rotatable bonds is 5. The summed E-state index contributed by atoms with van der Waals surface area (Å²) >= 11 is 0. The molecule has 1 fully saturated rings. The van der Waals surface area contributed by atoms with Crippen molar-refractivity contribution in [2.45, 2.75) is 13.3 Å². The van der Waals surface area contributed by atoms with Crippen molar-refractivity contribution in [2.75, 3.05) is 13.2 Å². The van der Waals surface area contributed by atoms with Crippen LogP contribution in [0, 0.1) is 23.7 Å². The SMILES string of the molecule is CC#CCOC[C@H]1C[C@@H]1C(=O)c1ccccc1. The smallest absolute Gasteiger partial charge is 0.166 e. The first-order chi connectivity index (χ1) is 8.33. The predicted molar refractivity (Wildman–Crippen MR) is 66.6 cm³/mol. The molecule has 0 radical (unpaired) electrons. The standard InChI is InChI=1S/C15H16O2/c1-2-3-9-17-11-13-10-14(13)15(16)12-7-5-4-6-8-12/h4-8,13-14H,9-11H2,1H3/t13-,14+/m1/s1. The summed E-state index contributed by atoms with van der Waals surface area (Å²) in [6.45, 7) is 2.92. The fourth-order valence-corrected chi connectivity index (χ4v) is 1.90. The Balaban J connectivity index is 1.78. The van der Waals surface area contributed by atoms with Crippen molar-refractivity contribution in [3.63, 3.8) is 0 Å². The molecule has 0 amide bonds. The Morgan fingerprint density at radius 3 is 2.88 bits per heavy atom. The first kappa shape index (κ1) is 11.9. The van der Waals surface area contributed by atoms with E-state index >= 15 is 0 Å². The van der Waals surface area contributed by atoms with E-state index in [4.69, 9.17) is 4.74 Å². The molecular formula is C15H16O2. The fraction of sp³-hybridized carbons (Fsp3) is 0.400. The van der Waals surface area contributed by atoms with Crippen molar-refractivity contribution < 1.29 is 9.53 Å². The van der Waals surface area contributed by atoms with Crippen LogP contribution in [-0.4, -0.2) is 19.0 Å². The van der Waals surface area contributed by atoms with Crippen molar-refractivity contribution in [2.24, 2.45) is 11.8 Å². The Morgan fingerprint density at radius 2 is 2.18 bits per heavy atom. The van der Waals surface area contributed by atoms with Crippen molar-refractivity contribution in [1.29, 1.82) is 0 Å². The van der Waals surface area contributed by atoms with Gasteiger partial charge in [-0.15, -0.1) is 5.92 Å². The molecule has 0 heterocycles. The van der Waals surface area contributed by atoms with Crippen LogP contribution in [0.1, 0.15) is 23.7 Å². The maximum Gasteiger partial charge on any atom is 0.166 e. The number of carbonyl (C=O) groups is 1. The molecule has 2 rings (SSSR count). The van der Waals surface area contributed by atoms with Crippen molar-refractivity contribution in [3.05, 3.63) is 35.9 Å². The summed E-state index contributed by atoms with van der Waals surface area (Å²) in [6.07, 6.45) is 0.952. The van der Waals surface area contributed by atoms with E-state index in [-0.39, 0.29) is 11.7 Å². The van der Waals surface area contributed by atoms with Gasteiger partial charge < -0.3 is 4.74 Å². The summed E-state index contributed by atoms with van der Waals surface area (Å²) in [5.41, 5.74) is 0.813. The Bertz CT molecular complexity index is 439. The molecule has 2 nitrogen and oxygen atoms in total. The maximum atomic E-state index is 12.0. The number of hydrogen-bond donors (Lipinski definition) is 0. The summed E-state index contributed by atoms with van der Waals surface area (Å²) in [6, 6.07) is 9.48. The average Bonchev–Trinajstić information content (AvgIpc) is 3.14. The lowest BCUT2D eigenvalue weighted by molar-refractivity contribution is 0.0939. The number of benzene rings is 1. The molecule has 0 bridgehead atoms. The zero-order valence-corrected chi connectivity index (χ0v) is 9.98. The van der Waals surface area contributed by atoms with Gasteiger partial charge in [0, 0.05) is 11.5 Å². The molecule has 2 atom stereocenters. The molecule has 1 aromatic rings. The molecule has 0 N–H and O–H groups in total. The van der Waals surface area contributed by atoms with Gasteiger partial charge in [0.05, 0.1) is 6.61 Å². The number of ether oxygens (including phenoxy) is 1.